The summed E-state index contributed by atoms with van der Waals surface area (Å²) in [5.74, 6) is 0.115. The van der Waals surface area contributed by atoms with E-state index in [0.717, 1.165) is 18.4 Å². The van der Waals surface area contributed by atoms with Gasteiger partial charge in [-0.25, -0.2) is 0 Å². The number of amides is 1. The lowest BCUT2D eigenvalue weighted by molar-refractivity contribution is -0.122. The highest BCUT2D eigenvalue weighted by atomic mass is 35.5. The van der Waals surface area contributed by atoms with E-state index in [0.29, 0.717) is 6.54 Å². The zero-order valence-electron chi connectivity index (χ0n) is 12.8. The third kappa shape index (κ3) is 6.93. The van der Waals surface area contributed by atoms with Crippen molar-refractivity contribution < 1.29 is 9.90 Å². The molecule has 0 aliphatic carbocycles. The van der Waals surface area contributed by atoms with E-state index in [-0.39, 0.29) is 36.7 Å². The highest BCUT2D eigenvalue weighted by Gasteiger charge is 2.17. The second-order valence-corrected chi connectivity index (χ2v) is 5.17. The number of hydrogen-bond acceptors (Lipinski definition) is 3. The molecule has 0 aliphatic rings. The molecule has 0 saturated carbocycles. The number of nitrogens with one attached hydrogen (secondary N) is 1. The summed E-state index contributed by atoms with van der Waals surface area (Å²) in [5.41, 5.74) is 6.94. The summed E-state index contributed by atoms with van der Waals surface area (Å²) >= 11 is 0. The first-order valence-corrected chi connectivity index (χ1v) is 7.33. The zero-order valence-corrected chi connectivity index (χ0v) is 13.6. The van der Waals surface area contributed by atoms with E-state index in [1.165, 1.54) is 0 Å². The summed E-state index contributed by atoms with van der Waals surface area (Å²) in [6, 6.07) is 9.26. The van der Waals surface area contributed by atoms with Crippen molar-refractivity contribution in [1.82, 2.24) is 5.32 Å². The largest absolute Gasteiger partial charge is 0.391 e. The third-order valence-corrected chi connectivity index (χ3v) is 3.73. The number of hydrogen-bond donors (Lipinski definition) is 3. The van der Waals surface area contributed by atoms with Crippen molar-refractivity contribution in [3.05, 3.63) is 35.9 Å². The Hall–Kier alpha value is -1.10. The molecule has 0 aliphatic heterocycles. The van der Waals surface area contributed by atoms with E-state index >= 15 is 0 Å². The Bertz CT molecular complexity index is 397. The fraction of sp³-hybridized carbons (Fsp3) is 0.562. The van der Waals surface area contributed by atoms with Crippen LogP contribution in [0.4, 0.5) is 0 Å². The molecule has 0 spiro atoms. The minimum absolute atomic E-state index is 0. The van der Waals surface area contributed by atoms with E-state index in [4.69, 9.17) is 5.73 Å². The van der Waals surface area contributed by atoms with E-state index in [1.807, 2.05) is 44.2 Å². The van der Waals surface area contributed by atoms with Crippen LogP contribution in [0.15, 0.2) is 30.3 Å². The zero-order chi connectivity index (χ0) is 15.0. The minimum Gasteiger partial charge on any atom is -0.391 e. The van der Waals surface area contributed by atoms with E-state index in [2.05, 4.69) is 5.32 Å². The van der Waals surface area contributed by atoms with Gasteiger partial charge in [-0.3, -0.25) is 4.79 Å². The van der Waals surface area contributed by atoms with E-state index < -0.39 is 6.10 Å². The van der Waals surface area contributed by atoms with Gasteiger partial charge in [0.2, 0.25) is 5.91 Å². The van der Waals surface area contributed by atoms with Crippen LogP contribution in [0.3, 0.4) is 0 Å². The summed E-state index contributed by atoms with van der Waals surface area (Å²) in [4.78, 5) is 11.8. The van der Waals surface area contributed by atoms with Gasteiger partial charge < -0.3 is 16.2 Å². The standard InChI is InChI=1S/C16H26N2O2.ClH/c1-3-12(4-2)15(19)11-18-16(20)10-14(17)13-8-6-5-7-9-13;/h5-9,12,14-15,19H,3-4,10-11,17H2,1-2H3,(H,18,20);1H. The topological polar surface area (TPSA) is 75.3 Å². The van der Waals surface area contributed by atoms with Gasteiger partial charge in [-0.2, -0.15) is 0 Å². The number of benzene rings is 1. The average Bonchev–Trinajstić information content (AvgIpc) is 2.47. The number of carbonyl (C=O) groups excluding carboxylic acids is 1. The Morgan fingerprint density at radius 2 is 1.81 bits per heavy atom. The van der Waals surface area contributed by atoms with Gasteiger partial charge in [0.15, 0.2) is 0 Å². The van der Waals surface area contributed by atoms with Crippen LogP contribution in [-0.2, 0) is 4.79 Å². The molecule has 2 unspecified atom stereocenters. The molecule has 0 heterocycles. The van der Waals surface area contributed by atoms with E-state index in [9.17, 15) is 9.90 Å². The number of halogens is 1. The molecule has 4 nitrogen and oxygen atoms in total. The smallest absolute Gasteiger partial charge is 0.221 e. The first-order valence-electron chi connectivity index (χ1n) is 7.33. The molecular formula is C16H27ClN2O2. The molecule has 1 amide bonds. The first kappa shape index (κ1) is 19.9. The molecule has 0 fully saturated rings. The summed E-state index contributed by atoms with van der Waals surface area (Å²) < 4.78 is 0. The maximum absolute atomic E-state index is 11.8. The minimum atomic E-state index is -0.484. The molecule has 1 aromatic rings. The van der Waals surface area contributed by atoms with Crippen molar-refractivity contribution in [2.24, 2.45) is 11.7 Å². The Morgan fingerprint density at radius 1 is 1.24 bits per heavy atom. The van der Waals surface area contributed by atoms with Crippen LogP contribution in [0, 0.1) is 5.92 Å². The first-order chi connectivity index (χ1) is 9.58. The van der Waals surface area contributed by atoms with Gasteiger partial charge in [0.25, 0.3) is 0 Å². The molecule has 0 bridgehead atoms. The monoisotopic (exact) mass is 314 g/mol. The summed E-state index contributed by atoms with van der Waals surface area (Å²) in [6.45, 7) is 4.39. The predicted molar refractivity (Wildman–Crippen MR) is 88.3 cm³/mol. The van der Waals surface area contributed by atoms with Crippen molar-refractivity contribution in [2.45, 2.75) is 45.3 Å². The van der Waals surface area contributed by atoms with Gasteiger partial charge in [-0.15, -0.1) is 12.4 Å². The Kier molecular flexibility index (Phi) is 10.0. The molecule has 0 radical (unpaired) electrons. The van der Waals surface area contributed by atoms with Gasteiger partial charge in [-0.1, -0.05) is 57.0 Å². The van der Waals surface area contributed by atoms with Crippen LogP contribution in [-0.4, -0.2) is 23.7 Å². The van der Waals surface area contributed by atoms with Crippen LogP contribution >= 0.6 is 12.4 Å². The fourth-order valence-corrected chi connectivity index (χ4v) is 2.31. The van der Waals surface area contributed by atoms with Crippen molar-refractivity contribution in [2.75, 3.05) is 6.54 Å². The molecule has 0 saturated heterocycles. The highest BCUT2D eigenvalue weighted by molar-refractivity contribution is 5.85. The quantitative estimate of drug-likeness (QED) is 0.689. The number of rotatable bonds is 8. The number of nitrogens with two attached hydrogens (primary N) is 1. The summed E-state index contributed by atoms with van der Waals surface area (Å²) in [5, 5.41) is 12.7. The predicted octanol–water partition coefficient (Wildman–Crippen LogP) is 2.41. The SMILES string of the molecule is CCC(CC)C(O)CNC(=O)CC(N)c1ccccc1.Cl. The molecular weight excluding hydrogens is 288 g/mol. The lowest BCUT2D eigenvalue weighted by Crippen LogP contribution is -2.37. The molecule has 120 valence electrons. The number of carbonyl (C=O) groups is 1. The highest BCUT2D eigenvalue weighted by Crippen LogP contribution is 2.14. The summed E-state index contributed by atoms with van der Waals surface area (Å²) in [7, 11) is 0. The normalized spacial score (nSPS) is 13.4. The van der Waals surface area contributed by atoms with Crippen LogP contribution in [0.5, 0.6) is 0 Å². The fourth-order valence-electron chi connectivity index (χ4n) is 2.31. The van der Waals surface area contributed by atoms with E-state index in [1.54, 1.807) is 0 Å². The van der Waals surface area contributed by atoms with Crippen molar-refractivity contribution in [3.63, 3.8) is 0 Å². The molecule has 1 rings (SSSR count). The van der Waals surface area contributed by atoms with Crippen molar-refractivity contribution in [3.8, 4) is 0 Å². The van der Waals surface area contributed by atoms with Gasteiger partial charge >= 0.3 is 0 Å². The second-order valence-electron chi connectivity index (χ2n) is 5.17. The Labute approximate surface area is 133 Å². The lowest BCUT2D eigenvalue weighted by Gasteiger charge is -2.20. The van der Waals surface area contributed by atoms with Crippen molar-refractivity contribution >= 4 is 18.3 Å². The third-order valence-electron chi connectivity index (χ3n) is 3.73. The average molecular weight is 315 g/mol. The van der Waals surface area contributed by atoms with Gasteiger partial charge in [0.05, 0.1) is 6.10 Å². The lowest BCUT2D eigenvalue weighted by atomic mass is 9.96. The molecule has 2 atom stereocenters. The maximum atomic E-state index is 11.8. The maximum Gasteiger partial charge on any atom is 0.221 e. The molecule has 5 heteroatoms. The molecule has 21 heavy (non-hydrogen) atoms. The second kappa shape index (κ2) is 10.6. The number of aliphatic hydroxyl groups is 1. The Balaban J connectivity index is 0.00000400. The van der Waals surface area contributed by atoms with Crippen LogP contribution in [0.2, 0.25) is 0 Å². The van der Waals surface area contributed by atoms with Gasteiger partial charge in [-0.05, 0) is 11.5 Å². The number of aliphatic hydroxyl groups excluding tert-OH is 1. The molecule has 0 aromatic heterocycles. The molecule has 1 aromatic carbocycles. The van der Waals surface area contributed by atoms with Gasteiger partial charge in [0, 0.05) is 19.0 Å². The summed E-state index contributed by atoms with van der Waals surface area (Å²) in [6.07, 6.45) is 1.58. The van der Waals surface area contributed by atoms with Crippen LogP contribution in [0.1, 0.15) is 44.7 Å². The van der Waals surface area contributed by atoms with Crippen LogP contribution in [0.25, 0.3) is 0 Å². The van der Waals surface area contributed by atoms with Crippen LogP contribution < -0.4 is 11.1 Å². The molecule has 4 N–H and O–H groups in total. The van der Waals surface area contributed by atoms with Gasteiger partial charge in [0.1, 0.15) is 0 Å². The van der Waals surface area contributed by atoms with Crippen molar-refractivity contribution in [1.29, 1.82) is 0 Å². The Morgan fingerprint density at radius 3 is 2.33 bits per heavy atom.